The van der Waals surface area contributed by atoms with Crippen LogP contribution in [0.5, 0.6) is 11.5 Å². The molecule has 0 aliphatic carbocycles. The van der Waals surface area contributed by atoms with Crippen molar-refractivity contribution in [1.82, 2.24) is 10.2 Å². The van der Waals surface area contributed by atoms with Crippen LogP contribution in [0, 0.1) is 0 Å². The molecule has 0 aliphatic rings. The second kappa shape index (κ2) is 10.2. The number of Topliss-reactive ketones (excluding diaryl/α,β-unsaturated/α-hetero) is 1. The second-order valence-corrected chi connectivity index (χ2v) is 7.30. The van der Waals surface area contributed by atoms with Gasteiger partial charge in [-0.15, -0.1) is 10.2 Å². The predicted molar refractivity (Wildman–Crippen MR) is 118 cm³/mol. The molecule has 1 heterocycles. The average Bonchev–Trinajstić information content (AvgIpc) is 3.27. The van der Waals surface area contributed by atoms with Crippen LogP contribution in [-0.4, -0.2) is 49.0 Å². The van der Waals surface area contributed by atoms with Crippen LogP contribution in [0.15, 0.2) is 52.1 Å². The number of methoxy groups -OCH3 is 2. The number of ether oxygens (including phenoxy) is 2. The molecule has 1 aromatic heterocycles. The minimum atomic E-state index is -0.0655. The topological polar surface area (TPSA) is 77.7 Å². The molecular weight excluding hydrogens is 402 g/mol. The molecule has 0 radical (unpaired) electrons. The molecule has 30 heavy (non-hydrogen) atoms. The van der Waals surface area contributed by atoms with E-state index in [1.165, 1.54) is 18.9 Å². The number of carbonyl (C=O) groups excluding carboxylic acids is 1. The summed E-state index contributed by atoms with van der Waals surface area (Å²) in [5, 5.41) is 8.50. The van der Waals surface area contributed by atoms with E-state index >= 15 is 0 Å². The van der Waals surface area contributed by atoms with Crippen LogP contribution in [0.1, 0.15) is 24.2 Å². The summed E-state index contributed by atoms with van der Waals surface area (Å²) in [6.07, 6.45) is 0. The number of carbonyl (C=O) groups is 1. The van der Waals surface area contributed by atoms with Gasteiger partial charge in [0.05, 0.1) is 20.0 Å². The zero-order chi connectivity index (χ0) is 21.5. The number of anilines is 1. The fraction of sp³-hybridized carbons (Fsp3) is 0.318. The van der Waals surface area contributed by atoms with Gasteiger partial charge in [0.2, 0.25) is 5.89 Å². The Bertz CT molecular complexity index is 984. The fourth-order valence-corrected chi connectivity index (χ4v) is 3.67. The van der Waals surface area contributed by atoms with E-state index in [-0.39, 0.29) is 11.5 Å². The lowest BCUT2D eigenvalue weighted by molar-refractivity contribution is 0.102. The van der Waals surface area contributed by atoms with Crippen LogP contribution in [0.25, 0.3) is 11.5 Å². The Kier molecular flexibility index (Phi) is 7.35. The standard InChI is InChI=1S/C22H25N3O4S/c1-5-25(6-2)17-10-7-15(8-11-17)21-23-24-22(29-21)30-14-18(26)16-9-12-19(27-3)20(13-16)28-4/h7-13H,5-6,14H2,1-4H3. The van der Waals surface area contributed by atoms with E-state index in [0.717, 1.165) is 24.3 Å². The largest absolute Gasteiger partial charge is 0.493 e. The smallest absolute Gasteiger partial charge is 0.277 e. The maximum atomic E-state index is 12.5. The minimum absolute atomic E-state index is 0.0655. The molecule has 0 atom stereocenters. The lowest BCUT2D eigenvalue weighted by atomic mass is 10.1. The van der Waals surface area contributed by atoms with Crippen molar-refractivity contribution in [3.8, 4) is 23.0 Å². The van der Waals surface area contributed by atoms with E-state index in [9.17, 15) is 4.79 Å². The Balaban J connectivity index is 1.64. The molecule has 3 rings (SSSR count). The summed E-state index contributed by atoms with van der Waals surface area (Å²) < 4.78 is 16.2. The molecule has 0 spiro atoms. The van der Waals surface area contributed by atoms with Crippen LogP contribution in [0.2, 0.25) is 0 Å². The first kappa shape index (κ1) is 21.7. The molecule has 0 aliphatic heterocycles. The molecule has 0 N–H and O–H groups in total. The minimum Gasteiger partial charge on any atom is -0.493 e. The zero-order valence-corrected chi connectivity index (χ0v) is 18.4. The number of hydrogen-bond donors (Lipinski definition) is 0. The van der Waals surface area contributed by atoms with Crippen LogP contribution in [0.3, 0.4) is 0 Å². The van der Waals surface area contributed by atoms with Crippen LogP contribution in [-0.2, 0) is 0 Å². The quantitative estimate of drug-likeness (QED) is 0.344. The Morgan fingerprint density at radius 3 is 2.33 bits per heavy atom. The number of nitrogens with zero attached hydrogens (tertiary/aromatic N) is 3. The van der Waals surface area contributed by atoms with Crippen molar-refractivity contribution < 1.29 is 18.7 Å². The number of benzene rings is 2. The van der Waals surface area contributed by atoms with Gasteiger partial charge in [-0.05, 0) is 56.3 Å². The average molecular weight is 428 g/mol. The molecule has 0 saturated heterocycles. The van der Waals surface area contributed by atoms with Gasteiger partial charge in [0.25, 0.3) is 5.22 Å². The molecule has 158 valence electrons. The van der Waals surface area contributed by atoms with Crippen LogP contribution in [0.4, 0.5) is 5.69 Å². The lowest BCUT2D eigenvalue weighted by Crippen LogP contribution is -2.21. The Morgan fingerprint density at radius 2 is 1.70 bits per heavy atom. The summed E-state index contributed by atoms with van der Waals surface area (Å²) in [6, 6.07) is 13.1. The third-order valence-corrected chi connectivity index (χ3v) is 5.50. The Hall–Kier alpha value is -3.00. The van der Waals surface area contributed by atoms with Crippen molar-refractivity contribution in [2.75, 3.05) is 38.0 Å². The van der Waals surface area contributed by atoms with E-state index in [0.29, 0.717) is 28.2 Å². The molecule has 0 bridgehead atoms. The molecule has 0 amide bonds. The van der Waals surface area contributed by atoms with E-state index in [2.05, 4.69) is 28.9 Å². The molecule has 3 aromatic rings. The van der Waals surface area contributed by atoms with Crippen molar-refractivity contribution in [2.24, 2.45) is 0 Å². The van der Waals surface area contributed by atoms with E-state index < -0.39 is 0 Å². The van der Waals surface area contributed by atoms with Gasteiger partial charge in [-0.3, -0.25) is 4.79 Å². The molecular formula is C22H25N3O4S. The highest BCUT2D eigenvalue weighted by atomic mass is 32.2. The number of thioether (sulfide) groups is 1. The highest BCUT2D eigenvalue weighted by molar-refractivity contribution is 7.99. The molecule has 0 unspecified atom stereocenters. The highest BCUT2D eigenvalue weighted by Crippen LogP contribution is 2.29. The van der Waals surface area contributed by atoms with E-state index in [4.69, 9.17) is 13.9 Å². The van der Waals surface area contributed by atoms with Gasteiger partial charge >= 0.3 is 0 Å². The van der Waals surface area contributed by atoms with E-state index in [1.807, 2.05) is 24.3 Å². The Labute approximate surface area is 180 Å². The summed E-state index contributed by atoms with van der Waals surface area (Å²) in [6.45, 7) is 6.15. The van der Waals surface area contributed by atoms with Gasteiger partial charge in [0, 0.05) is 29.9 Å². The van der Waals surface area contributed by atoms with Gasteiger partial charge in [-0.25, -0.2) is 0 Å². The first-order chi connectivity index (χ1) is 14.6. The van der Waals surface area contributed by atoms with Crippen molar-refractivity contribution >= 4 is 23.2 Å². The Morgan fingerprint density at radius 1 is 1.00 bits per heavy atom. The third-order valence-electron chi connectivity index (χ3n) is 4.68. The van der Waals surface area contributed by atoms with Crippen molar-refractivity contribution in [3.05, 3.63) is 48.0 Å². The number of aromatic nitrogens is 2. The molecule has 2 aromatic carbocycles. The van der Waals surface area contributed by atoms with Crippen molar-refractivity contribution in [1.29, 1.82) is 0 Å². The zero-order valence-electron chi connectivity index (χ0n) is 17.5. The normalized spacial score (nSPS) is 10.7. The maximum Gasteiger partial charge on any atom is 0.277 e. The molecule has 0 saturated carbocycles. The maximum absolute atomic E-state index is 12.5. The van der Waals surface area contributed by atoms with Gasteiger partial charge in [-0.1, -0.05) is 11.8 Å². The number of hydrogen-bond acceptors (Lipinski definition) is 8. The van der Waals surface area contributed by atoms with Crippen molar-refractivity contribution in [2.45, 2.75) is 19.1 Å². The van der Waals surface area contributed by atoms with Gasteiger partial charge < -0.3 is 18.8 Å². The summed E-state index contributed by atoms with van der Waals surface area (Å²) in [5.74, 6) is 1.64. The summed E-state index contributed by atoms with van der Waals surface area (Å²) in [5.41, 5.74) is 2.53. The summed E-state index contributed by atoms with van der Waals surface area (Å²) >= 11 is 1.21. The van der Waals surface area contributed by atoms with Gasteiger partial charge in [-0.2, -0.15) is 0 Å². The van der Waals surface area contributed by atoms with Gasteiger partial charge in [0.1, 0.15) is 0 Å². The highest BCUT2D eigenvalue weighted by Gasteiger charge is 2.15. The molecule has 7 nitrogen and oxygen atoms in total. The lowest BCUT2D eigenvalue weighted by Gasteiger charge is -2.20. The first-order valence-electron chi connectivity index (χ1n) is 9.66. The van der Waals surface area contributed by atoms with Crippen molar-refractivity contribution in [3.63, 3.8) is 0 Å². The summed E-state index contributed by atoms with van der Waals surface area (Å²) in [4.78, 5) is 14.8. The van der Waals surface area contributed by atoms with Crippen LogP contribution >= 0.6 is 11.8 Å². The number of ketones is 1. The second-order valence-electron chi connectivity index (χ2n) is 6.37. The number of rotatable bonds is 10. The summed E-state index contributed by atoms with van der Waals surface area (Å²) in [7, 11) is 3.09. The first-order valence-corrected chi connectivity index (χ1v) is 10.6. The SMILES string of the molecule is CCN(CC)c1ccc(-c2nnc(SCC(=O)c3ccc(OC)c(OC)c3)o2)cc1. The van der Waals surface area contributed by atoms with Gasteiger partial charge in [0.15, 0.2) is 17.3 Å². The predicted octanol–water partition coefficient (Wildman–Crippen LogP) is 4.58. The monoisotopic (exact) mass is 427 g/mol. The van der Waals surface area contributed by atoms with E-state index in [1.54, 1.807) is 25.3 Å². The third kappa shape index (κ3) is 4.94. The fourth-order valence-electron chi connectivity index (χ4n) is 3.01. The molecule has 0 fully saturated rings. The van der Waals surface area contributed by atoms with Crippen LogP contribution < -0.4 is 14.4 Å². The molecule has 8 heteroatoms.